The molecule has 0 bridgehead atoms. The maximum Gasteiger partial charge on any atom is 0.236 e. The van der Waals surface area contributed by atoms with Gasteiger partial charge >= 0.3 is 0 Å². The molecule has 1 aromatic carbocycles. The average Bonchev–Trinajstić information content (AvgIpc) is 3.10. The fraction of sp³-hybridized carbons (Fsp3) is 0.389. The van der Waals surface area contributed by atoms with Gasteiger partial charge in [0.2, 0.25) is 11.9 Å². The Hall–Kier alpha value is -2.47. The molecule has 1 aliphatic rings. The molecule has 1 fully saturated rings. The Bertz CT molecular complexity index is 717. The van der Waals surface area contributed by atoms with E-state index in [0.29, 0.717) is 5.95 Å². The van der Waals surface area contributed by atoms with Gasteiger partial charge in [0.25, 0.3) is 0 Å². The Labute approximate surface area is 142 Å². The Morgan fingerprint density at radius 1 is 1.33 bits per heavy atom. The summed E-state index contributed by atoms with van der Waals surface area (Å²) in [5.41, 5.74) is 8.52. The lowest BCUT2D eigenvalue weighted by molar-refractivity contribution is -0.130. The van der Waals surface area contributed by atoms with E-state index in [1.54, 1.807) is 0 Å². The van der Waals surface area contributed by atoms with Crippen molar-refractivity contribution in [3.63, 3.8) is 0 Å². The second-order valence-corrected chi connectivity index (χ2v) is 6.18. The molecule has 0 spiro atoms. The van der Waals surface area contributed by atoms with Crippen molar-refractivity contribution in [3.8, 4) is 11.1 Å². The molecule has 0 aliphatic carbocycles. The van der Waals surface area contributed by atoms with E-state index in [1.807, 2.05) is 60.4 Å². The van der Waals surface area contributed by atoms with Gasteiger partial charge in [0.15, 0.2) is 0 Å². The number of hydrogen-bond donors (Lipinski definition) is 1. The van der Waals surface area contributed by atoms with Gasteiger partial charge in [0, 0.05) is 32.4 Å². The van der Waals surface area contributed by atoms with Crippen molar-refractivity contribution in [2.75, 3.05) is 32.1 Å². The summed E-state index contributed by atoms with van der Waals surface area (Å²) in [6.07, 6.45) is 3.72. The summed E-state index contributed by atoms with van der Waals surface area (Å²) in [6.45, 7) is 0.763. The van der Waals surface area contributed by atoms with E-state index in [0.717, 1.165) is 36.2 Å². The molecule has 6 heteroatoms. The monoisotopic (exact) mass is 325 g/mol. The van der Waals surface area contributed by atoms with Gasteiger partial charge in [0.05, 0.1) is 18.3 Å². The zero-order valence-corrected chi connectivity index (χ0v) is 14.1. The third kappa shape index (κ3) is 3.10. The van der Waals surface area contributed by atoms with E-state index < -0.39 is 0 Å². The van der Waals surface area contributed by atoms with E-state index >= 15 is 0 Å². The number of nitrogens with two attached hydrogens (primary N) is 1. The quantitative estimate of drug-likeness (QED) is 0.928. The molecule has 2 heterocycles. The molecule has 1 aliphatic heterocycles. The largest absolute Gasteiger partial charge is 0.347 e. The first-order valence-electron chi connectivity index (χ1n) is 8.21. The summed E-state index contributed by atoms with van der Waals surface area (Å²) in [5.74, 6) is 0.623. The highest BCUT2D eigenvalue weighted by Gasteiger charge is 2.32. The Morgan fingerprint density at radius 2 is 2.08 bits per heavy atom. The highest BCUT2D eigenvalue weighted by molar-refractivity contribution is 5.79. The minimum Gasteiger partial charge on any atom is -0.347 e. The summed E-state index contributed by atoms with van der Waals surface area (Å²) >= 11 is 0. The molecule has 6 nitrogen and oxygen atoms in total. The van der Waals surface area contributed by atoms with Gasteiger partial charge in [-0.05, 0) is 18.4 Å². The van der Waals surface area contributed by atoms with Gasteiger partial charge < -0.3 is 15.5 Å². The van der Waals surface area contributed by atoms with Gasteiger partial charge in [-0.25, -0.2) is 9.97 Å². The van der Waals surface area contributed by atoms with Gasteiger partial charge in [-0.15, -0.1) is 0 Å². The molecule has 1 saturated heterocycles. The number of carbonyl (C=O) groups excluding carboxylic acids is 1. The molecule has 2 aromatic rings. The number of hydrogen-bond acceptors (Lipinski definition) is 5. The lowest BCUT2D eigenvalue weighted by Crippen LogP contribution is -2.36. The molecule has 24 heavy (non-hydrogen) atoms. The van der Waals surface area contributed by atoms with Crippen LogP contribution in [0.4, 0.5) is 5.95 Å². The number of likely N-dealkylation sites (tertiary alicyclic amines) is 1. The predicted octanol–water partition coefficient (Wildman–Crippen LogP) is 1.83. The third-order valence-corrected chi connectivity index (χ3v) is 4.35. The topological polar surface area (TPSA) is 75.4 Å². The van der Waals surface area contributed by atoms with Crippen LogP contribution < -0.4 is 10.6 Å². The second kappa shape index (κ2) is 6.97. The van der Waals surface area contributed by atoms with Crippen LogP contribution in [0.5, 0.6) is 0 Å². The zero-order valence-electron chi connectivity index (χ0n) is 14.1. The minimum atomic E-state index is -0.0436. The maximum atomic E-state index is 12.2. The molecule has 0 radical (unpaired) electrons. The van der Waals surface area contributed by atoms with E-state index in [4.69, 9.17) is 10.7 Å². The molecule has 2 N–H and O–H groups in total. The average molecular weight is 325 g/mol. The summed E-state index contributed by atoms with van der Waals surface area (Å²) < 4.78 is 0. The minimum absolute atomic E-state index is 0.0264. The van der Waals surface area contributed by atoms with Gasteiger partial charge in [-0.1, -0.05) is 30.3 Å². The second-order valence-electron chi connectivity index (χ2n) is 6.18. The third-order valence-electron chi connectivity index (χ3n) is 4.35. The maximum absolute atomic E-state index is 12.2. The highest BCUT2D eigenvalue weighted by Crippen LogP contribution is 2.36. The molecule has 1 amide bonds. The number of nitrogens with zero attached hydrogens (tertiary/aromatic N) is 4. The van der Waals surface area contributed by atoms with Crippen molar-refractivity contribution in [2.24, 2.45) is 5.73 Å². The van der Waals surface area contributed by atoms with E-state index in [-0.39, 0.29) is 18.5 Å². The number of amides is 1. The summed E-state index contributed by atoms with van der Waals surface area (Å²) in [7, 11) is 3.83. The van der Waals surface area contributed by atoms with E-state index in [9.17, 15) is 4.79 Å². The van der Waals surface area contributed by atoms with E-state index in [2.05, 4.69) is 4.98 Å². The lowest BCUT2D eigenvalue weighted by Gasteiger charge is -2.26. The van der Waals surface area contributed by atoms with Gasteiger partial charge in [0.1, 0.15) is 0 Å². The van der Waals surface area contributed by atoms with Gasteiger partial charge in [-0.2, -0.15) is 0 Å². The number of carbonyl (C=O) groups is 1. The summed E-state index contributed by atoms with van der Waals surface area (Å²) in [5, 5.41) is 0. The SMILES string of the molecule is CN(C)c1ncc(-c2ccccc2)c([C@@H]2CCCN2C(=O)CN)n1. The van der Waals surface area contributed by atoms with Crippen LogP contribution in [0, 0.1) is 0 Å². The fourth-order valence-corrected chi connectivity index (χ4v) is 3.16. The number of anilines is 1. The predicted molar refractivity (Wildman–Crippen MR) is 94.5 cm³/mol. The van der Waals surface area contributed by atoms with Crippen molar-refractivity contribution in [1.29, 1.82) is 0 Å². The zero-order chi connectivity index (χ0) is 17.1. The Kier molecular flexibility index (Phi) is 4.76. The van der Waals surface area contributed by atoms with Crippen molar-refractivity contribution in [3.05, 3.63) is 42.2 Å². The van der Waals surface area contributed by atoms with Crippen molar-refractivity contribution in [1.82, 2.24) is 14.9 Å². The first-order valence-corrected chi connectivity index (χ1v) is 8.21. The Morgan fingerprint density at radius 3 is 2.75 bits per heavy atom. The van der Waals surface area contributed by atoms with Crippen LogP contribution in [0.3, 0.4) is 0 Å². The molecule has 3 rings (SSSR count). The molecule has 0 unspecified atom stereocenters. The fourth-order valence-electron chi connectivity index (χ4n) is 3.16. The molecule has 1 atom stereocenters. The van der Waals surface area contributed by atoms with Crippen LogP contribution in [-0.2, 0) is 4.79 Å². The molecule has 0 saturated carbocycles. The van der Waals surface area contributed by atoms with Crippen molar-refractivity contribution in [2.45, 2.75) is 18.9 Å². The number of rotatable bonds is 4. The van der Waals surface area contributed by atoms with Crippen LogP contribution in [0.2, 0.25) is 0 Å². The van der Waals surface area contributed by atoms with Crippen LogP contribution in [0.15, 0.2) is 36.5 Å². The smallest absolute Gasteiger partial charge is 0.236 e. The molecular formula is C18H23N5O. The van der Waals surface area contributed by atoms with Crippen molar-refractivity contribution >= 4 is 11.9 Å². The van der Waals surface area contributed by atoms with Crippen LogP contribution >= 0.6 is 0 Å². The lowest BCUT2D eigenvalue weighted by atomic mass is 10.00. The molecular weight excluding hydrogens is 302 g/mol. The summed E-state index contributed by atoms with van der Waals surface area (Å²) in [6, 6.07) is 10.0. The van der Waals surface area contributed by atoms with E-state index in [1.165, 1.54) is 0 Å². The first kappa shape index (κ1) is 16.4. The first-order chi connectivity index (χ1) is 11.6. The number of benzene rings is 1. The van der Waals surface area contributed by atoms with Crippen LogP contribution in [0.1, 0.15) is 24.6 Å². The van der Waals surface area contributed by atoms with Crippen LogP contribution in [-0.4, -0.2) is 48.0 Å². The highest BCUT2D eigenvalue weighted by atomic mass is 16.2. The number of aromatic nitrogens is 2. The normalized spacial score (nSPS) is 17.1. The molecule has 126 valence electrons. The van der Waals surface area contributed by atoms with Crippen LogP contribution in [0.25, 0.3) is 11.1 Å². The molecule has 1 aromatic heterocycles. The summed E-state index contributed by atoms with van der Waals surface area (Å²) in [4.78, 5) is 25.2. The Balaban J connectivity index is 2.09. The van der Waals surface area contributed by atoms with Gasteiger partial charge in [-0.3, -0.25) is 4.79 Å². The standard InChI is InChI=1S/C18H23N5O/c1-22(2)18-20-12-14(13-7-4-3-5-8-13)17(21-18)15-9-6-10-23(15)16(24)11-19/h3-5,7-8,12,15H,6,9-11,19H2,1-2H3/t15-/m0/s1. The van der Waals surface area contributed by atoms with Crippen molar-refractivity contribution < 1.29 is 4.79 Å².